The largest absolute Gasteiger partial charge is 0.315 e. The number of thioether (sulfide) groups is 1. The Hall–Kier alpha value is -1.63. The topological polar surface area (TPSA) is 53.5 Å². The van der Waals surface area contributed by atoms with Crippen LogP contribution in [0.1, 0.15) is 15.9 Å². The minimum atomic E-state index is -0.111. The van der Waals surface area contributed by atoms with Crippen molar-refractivity contribution in [2.45, 2.75) is 4.75 Å². The quantitative estimate of drug-likeness (QED) is 0.789. The van der Waals surface area contributed by atoms with E-state index >= 15 is 0 Å². The van der Waals surface area contributed by atoms with E-state index in [1.807, 2.05) is 36.4 Å². The molecular formula is C19H18BrN3OS. The van der Waals surface area contributed by atoms with Gasteiger partial charge in [-0.1, -0.05) is 58.0 Å². The molecule has 0 bridgehead atoms. The highest BCUT2D eigenvalue weighted by atomic mass is 79.9. The monoisotopic (exact) mass is 415 g/mol. The summed E-state index contributed by atoms with van der Waals surface area (Å²) in [6, 6.07) is 17.7. The summed E-state index contributed by atoms with van der Waals surface area (Å²) in [7, 11) is 0. The zero-order valence-corrected chi connectivity index (χ0v) is 15.9. The molecule has 0 aliphatic carbocycles. The number of nitrogens with one attached hydrogen (secondary N) is 2. The maximum absolute atomic E-state index is 12.5. The second-order valence-electron chi connectivity index (χ2n) is 6.30. The molecule has 2 atom stereocenters. The number of halogens is 1. The van der Waals surface area contributed by atoms with E-state index in [4.69, 9.17) is 0 Å². The first-order chi connectivity index (χ1) is 12.2. The SMILES string of the molecule is O=C(NC1=NCC2CNCC2(c2cccc(Br)c2)S1)c1ccccc1. The van der Waals surface area contributed by atoms with Crippen molar-refractivity contribution in [2.75, 3.05) is 19.6 Å². The smallest absolute Gasteiger partial charge is 0.257 e. The third-order valence-electron chi connectivity index (χ3n) is 4.74. The van der Waals surface area contributed by atoms with Gasteiger partial charge in [-0.25, -0.2) is 0 Å². The van der Waals surface area contributed by atoms with Crippen molar-refractivity contribution in [1.82, 2.24) is 10.6 Å². The molecular weight excluding hydrogens is 398 g/mol. The Kier molecular flexibility index (Phi) is 4.67. The highest BCUT2D eigenvalue weighted by molar-refractivity contribution is 9.10. The maximum atomic E-state index is 12.5. The van der Waals surface area contributed by atoms with E-state index in [1.54, 1.807) is 11.8 Å². The molecule has 128 valence electrons. The molecule has 2 N–H and O–H groups in total. The van der Waals surface area contributed by atoms with E-state index < -0.39 is 0 Å². The van der Waals surface area contributed by atoms with Crippen molar-refractivity contribution in [2.24, 2.45) is 10.9 Å². The number of amides is 1. The number of hydrogen-bond acceptors (Lipinski definition) is 4. The van der Waals surface area contributed by atoms with Gasteiger partial charge in [0.2, 0.25) is 0 Å². The zero-order valence-electron chi connectivity index (χ0n) is 13.5. The van der Waals surface area contributed by atoms with Crippen molar-refractivity contribution in [3.63, 3.8) is 0 Å². The lowest BCUT2D eigenvalue weighted by Gasteiger charge is -2.37. The summed E-state index contributed by atoms with van der Waals surface area (Å²) in [5.41, 5.74) is 1.91. The summed E-state index contributed by atoms with van der Waals surface area (Å²) < 4.78 is 0.980. The number of hydrogen-bond donors (Lipinski definition) is 2. The first-order valence-electron chi connectivity index (χ1n) is 8.24. The van der Waals surface area contributed by atoms with Crippen molar-refractivity contribution < 1.29 is 4.79 Å². The van der Waals surface area contributed by atoms with Crippen LogP contribution in [-0.4, -0.2) is 30.7 Å². The lowest BCUT2D eigenvalue weighted by Crippen LogP contribution is -2.42. The molecule has 0 spiro atoms. The second-order valence-corrected chi connectivity index (χ2v) is 8.53. The van der Waals surface area contributed by atoms with E-state index in [9.17, 15) is 4.79 Å². The van der Waals surface area contributed by atoms with Gasteiger partial charge in [-0.15, -0.1) is 0 Å². The predicted molar refractivity (Wildman–Crippen MR) is 106 cm³/mol. The number of benzene rings is 2. The van der Waals surface area contributed by atoms with Crippen LogP contribution in [-0.2, 0) is 4.75 Å². The number of fused-ring (bicyclic) bond motifs is 1. The normalized spacial score (nSPS) is 25.2. The number of carbonyl (C=O) groups is 1. The molecule has 0 saturated carbocycles. The molecule has 2 aliphatic heterocycles. The highest BCUT2D eigenvalue weighted by Crippen LogP contribution is 2.48. The Morgan fingerprint density at radius 3 is 2.88 bits per heavy atom. The van der Waals surface area contributed by atoms with Crippen LogP contribution in [0.3, 0.4) is 0 Å². The van der Waals surface area contributed by atoms with Gasteiger partial charge in [-0.3, -0.25) is 9.79 Å². The zero-order chi connectivity index (χ0) is 17.3. The van der Waals surface area contributed by atoms with Crippen molar-refractivity contribution in [1.29, 1.82) is 0 Å². The fourth-order valence-corrected chi connectivity index (χ4v) is 5.21. The van der Waals surface area contributed by atoms with Crippen LogP contribution in [0.15, 0.2) is 64.1 Å². The van der Waals surface area contributed by atoms with Crippen LogP contribution >= 0.6 is 27.7 Å². The third kappa shape index (κ3) is 3.26. The molecule has 2 aromatic rings. The Morgan fingerprint density at radius 1 is 1.24 bits per heavy atom. The van der Waals surface area contributed by atoms with Crippen molar-refractivity contribution in [3.05, 3.63) is 70.2 Å². The Morgan fingerprint density at radius 2 is 2.08 bits per heavy atom. The first kappa shape index (κ1) is 16.8. The molecule has 4 rings (SSSR count). The first-order valence-corrected chi connectivity index (χ1v) is 9.85. The Labute approximate surface area is 159 Å². The summed E-state index contributed by atoms with van der Waals surface area (Å²) in [4.78, 5) is 17.1. The van der Waals surface area contributed by atoms with Crippen LogP contribution in [0.25, 0.3) is 0 Å². The lowest BCUT2D eigenvalue weighted by atomic mass is 9.87. The number of aliphatic imine (C=N–C) groups is 1. The molecule has 1 fully saturated rings. The standard InChI is InChI=1S/C19H18BrN3OS/c20-16-8-4-7-14(9-16)19-12-21-10-15(19)11-22-18(25-19)23-17(24)13-5-2-1-3-6-13/h1-9,15,21H,10-12H2,(H,22,23,24). The average molecular weight is 416 g/mol. The predicted octanol–water partition coefficient (Wildman–Crippen LogP) is 3.40. The Bertz CT molecular complexity index is 826. The molecule has 1 amide bonds. The van der Waals surface area contributed by atoms with Gasteiger partial charge in [0, 0.05) is 35.6 Å². The van der Waals surface area contributed by atoms with E-state index in [-0.39, 0.29) is 10.7 Å². The fourth-order valence-electron chi connectivity index (χ4n) is 3.44. The molecule has 2 aromatic carbocycles. The second kappa shape index (κ2) is 6.94. The van der Waals surface area contributed by atoms with Crippen molar-refractivity contribution in [3.8, 4) is 0 Å². The van der Waals surface area contributed by atoms with E-state index in [0.29, 0.717) is 16.6 Å². The highest BCUT2D eigenvalue weighted by Gasteiger charge is 2.48. The van der Waals surface area contributed by atoms with Crippen LogP contribution in [0, 0.1) is 5.92 Å². The number of carbonyl (C=O) groups excluding carboxylic acids is 1. The lowest BCUT2D eigenvalue weighted by molar-refractivity contribution is 0.0977. The average Bonchev–Trinajstić information content (AvgIpc) is 3.07. The van der Waals surface area contributed by atoms with Gasteiger partial charge in [-0.2, -0.15) is 0 Å². The summed E-state index contributed by atoms with van der Waals surface area (Å²) in [5.74, 6) is 0.310. The third-order valence-corrected chi connectivity index (χ3v) is 6.74. The van der Waals surface area contributed by atoms with Crippen LogP contribution in [0.2, 0.25) is 0 Å². The number of amidine groups is 1. The summed E-state index contributed by atoms with van der Waals surface area (Å²) >= 11 is 5.25. The van der Waals surface area contributed by atoms with Gasteiger partial charge in [-0.05, 0) is 29.8 Å². The van der Waals surface area contributed by atoms with Gasteiger partial charge in [0.15, 0.2) is 5.17 Å². The van der Waals surface area contributed by atoms with Crippen molar-refractivity contribution >= 4 is 38.8 Å². The molecule has 4 nitrogen and oxygen atoms in total. The molecule has 6 heteroatoms. The van der Waals surface area contributed by atoms with Crippen LogP contribution in [0.4, 0.5) is 0 Å². The summed E-state index contributed by atoms with van der Waals surface area (Å²) in [6.07, 6.45) is 0. The molecule has 2 heterocycles. The van der Waals surface area contributed by atoms with E-state index in [0.717, 1.165) is 24.1 Å². The van der Waals surface area contributed by atoms with Gasteiger partial charge < -0.3 is 10.6 Å². The maximum Gasteiger partial charge on any atom is 0.257 e. The van der Waals surface area contributed by atoms with Crippen LogP contribution in [0.5, 0.6) is 0 Å². The van der Waals surface area contributed by atoms with Gasteiger partial charge in [0.25, 0.3) is 5.91 Å². The van der Waals surface area contributed by atoms with E-state index in [1.165, 1.54) is 5.56 Å². The molecule has 1 saturated heterocycles. The molecule has 2 unspecified atom stereocenters. The molecule has 2 aliphatic rings. The van der Waals surface area contributed by atoms with Gasteiger partial charge in [0.05, 0.1) is 4.75 Å². The van der Waals surface area contributed by atoms with Crippen LogP contribution < -0.4 is 10.6 Å². The van der Waals surface area contributed by atoms with Gasteiger partial charge in [0.1, 0.15) is 0 Å². The van der Waals surface area contributed by atoms with E-state index in [2.05, 4.69) is 49.8 Å². The number of rotatable bonds is 2. The summed E-state index contributed by atoms with van der Waals surface area (Å²) in [6.45, 7) is 2.54. The summed E-state index contributed by atoms with van der Waals surface area (Å²) in [5, 5.41) is 7.20. The van der Waals surface area contributed by atoms with Gasteiger partial charge >= 0.3 is 0 Å². The fraction of sp³-hybridized carbons (Fsp3) is 0.263. The minimum Gasteiger partial charge on any atom is -0.315 e. The Balaban J connectivity index is 1.59. The number of nitrogens with zero attached hydrogens (tertiary/aromatic N) is 1. The minimum absolute atomic E-state index is 0.0924. The molecule has 0 radical (unpaired) electrons. The molecule has 0 aromatic heterocycles. The molecule has 25 heavy (non-hydrogen) atoms.